The van der Waals surface area contributed by atoms with Crippen molar-refractivity contribution in [1.29, 1.82) is 0 Å². The molecule has 0 saturated heterocycles. The summed E-state index contributed by atoms with van der Waals surface area (Å²) in [5.41, 5.74) is -1.24. The molecule has 10 nitrogen and oxygen atoms in total. The molecule has 14 heteroatoms. The highest BCUT2D eigenvalue weighted by Crippen LogP contribution is 2.56. The third-order valence-corrected chi connectivity index (χ3v) is 8.88. The summed E-state index contributed by atoms with van der Waals surface area (Å²) in [6.45, 7) is 7.20. The molecule has 0 radical (unpaired) electrons. The number of alkyl halides is 3. The summed E-state index contributed by atoms with van der Waals surface area (Å²) in [7, 11) is 1.26. The van der Waals surface area contributed by atoms with Crippen molar-refractivity contribution < 1.29 is 47.1 Å². The van der Waals surface area contributed by atoms with Gasteiger partial charge in [0.15, 0.2) is 23.1 Å². The lowest BCUT2D eigenvalue weighted by Gasteiger charge is -2.48. The van der Waals surface area contributed by atoms with Gasteiger partial charge in [-0.1, -0.05) is 39.3 Å². The summed E-state index contributed by atoms with van der Waals surface area (Å²) in [6.07, 6.45) is -3.80. The Balaban J connectivity index is 1.70. The fourth-order valence-electron chi connectivity index (χ4n) is 6.75. The minimum Gasteiger partial charge on any atom is -0.493 e. The van der Waals surface area contributed by atoms with Gasteiger partial charge in [-0.15, -0.1) is 0 Å². The molecule has 0 unspecified atom stereocenters. The highest BCUT2D eigenvalue weighted by Gasteiger charge is 2.49. The summed E-state index contributed by atoms with van der Waals surface area (Å²) in [6, 6.07) is 4.67. The number of nitrogens with zero attached hydrogens (tertiary/aromatic N) is 2. The first-order valence-electron chi connectivity index (χ1n) is 14.7. The molecule has 1 N–H and O–H groups in total. The van der Waals surface area contributed by atoms with Gasteiger partial charge in [0, 0.05) is 47.4 Å². The van der Waals surface area contributed by atoms with E-state index in [0.29, 0.717) is 41.9 Å². The summed E-state index contributed by atoms with van der Waals surface area (Å²) < 4.78 is 51.0. The Hall–Kier alpha value is -4.39. The number of carboxylic acids is 1. The molecule has 0 amide bonds. The molecule has 2 aromatic rings. The lowest BCUT2D eigenvalue weighted by molar-refractivity contribution is -0.385. The van der Waals surface area contributed by atoms with Crippen LogP contribution in [0.3, 0.4) is 0 Å². The minimum absolute atomic E-state index is 0.0638. The number of ether oxygens (including phenoxy) is 2. The first kappa shape index (κ1) is 34.0. The molecule has 2 aromatic carbocycles. The predicted octanol–water partition coefficient (Wildman–Crippen LogP) is 7.84. The molecule has 3 aliphatic rings. The Morgan fingerprint density at radius 3 is 2.02 bits per heavy atom. The van der Waals surface area contributed by atoms with Gasteiger partial charge in [0.1, 0.15) is 6.54 Å². The van der Waals surface area contributed by atoms with Gasteiger partial charge in [0.25, 0.3) is 0 Å². The van der Waals surface area contributed by atoms with Crippen LogP contribution in [0.15, 0.2) is 52.9 Å². The lowest BCUT2D eigenvalue weighted by atomic mass is 9.63. The van der Waals surface area contributed by atoms with E-state index in [4.69, 9.17) is 21.1 Å². The zero-order valence-corrected chi connectivity index (χ0v) is 27.0. The zero-order valence-electron chi connectivity index (χ0n) is 26.2. The van der Waals surface area contributed by atoms with Gasteiger partial charge in [-0.2, -0.15) is 13.2 Å². The van der Waals surface area contributed by atoms with Crippen molar-refractivity contribution in [3.63, 3.8) is 0 Å². The predicted molar refractivity (Wildman–Crippen MR) is 163 cm³/mol. The smallest absolute Gasteiger partial charge is 0.416 e. The van der Waals surface area contributed by atoms with Crippen LogP contribution in [-0.2, 0) is 20.6 Å². The molecule has 1 aliphatic heterocycles. The maximum atomic E-state index is 13.9. The molecular formula is C33H32ClF3N2O8. The van der Waals surface area contributed by atoms with E-state index in [1.807, 2.05) is 27.7 Å². The molecular weight excluding hydrogens is 645 g/mol. The van der Waals surface area contributed by atoms with Crippen LogP contribution in [-0.4, -0.2) is 46.1 Å². The van der Waals surface area contributed by atoms with Crippen molar-refractivity contribution in [2.45, 2.75) is 65.5 Å². The number of halogens is 4. The third-order valence-electron chi connectivity index (χ3n) is 8.60. The maximum absolute atomic E-state index is 13.9. The summed E-state index contributed by atoms with van der Waals surface area (Å²) in [4.78, 5) is 52.2. The average Bonchev–Trinajstić information content (AvgIpc) is 2.92. The number of ketones is 2. The molecule has 0 bridgehead atoms. The van der Waals surface area contributed by atoms with Crippen LogP contribution in [0.4, 0.5) is 18.9 Å². The van der Waals surface area contributed by atoms with Crippen LogP contribution in [0.5, 0.6) is 17.2 Å². The van der Waals surface area contributed by atoms with Gasteiger partial charge in [-0.05, 0) is 53.5 Å². The minimum atomic E-state index is -4.83. The number of rotatable bonds is 7. The maximum Gasteiger partial charge on any atom is 0.416 e. The van der Waals surface area contributed by atoms with Gasteiger partial charge in [0.2, 0.25) is 5.75 Å². The van der Waals surface area contributed by atoms with E-state index in [0.717, 1.165) is 6.07 Å². The lowest BCUT2D eigenvalue weighted by Crippen LogP contribution is -2.45. The highest BCUT2D eigenvalue weighted by atomic mass is 35.5. The van der Waals surface area contributed by atoms with Gasteiger partial charge in [0.05, 0.1) is 22.6 Å². The second kappa shape index (κ2) is 11.7. The fourth-order valence-corrected chi connectivity index (χ4v) is 7.00. The highest BCUT2D eigenvalue weighted by molar-refractivity contribution is 6.32. The van der Waals surface area contributed by atoms with E-state index >= 15 is 0 Å². The summed E-state index contributed by atoms with van der Waals surface area (Å²) >= 11 is 6.68. The number of methoxy groups -OCH3 is 1. The van der Waals surface area contributed by atoms with Crippen LogP contribution in [0.25, 0.3) is 0 Å². The van der Waals surface area contributed by atoms with Crippen molar-refractivity contribution in [3.8, 4) is 17.2 Å². The van der Waals surface area contributed by atoms with Gasteiger partial charge in [-0.3, -0.25) is 24.5 Å². The topological polar surface area (TPSA) is 136 Å². The van der Waals surface area contributed by atoms with E-state index in [-0.39, 0.29) is 52.1 Å². The quantitative estimate of drug-likeness (QED) is 0.230. The molecule has 250 valence electrons. The molecule has 47 heavy (non-hydrogen) atoms. The SMILES string of the molecule is COc1cc(C2C3=C(CC(C)(C)CC3=O)N(CC(=O)O)C3=C2C(=O)CC(C)(C)C3)cc(Cl)c1Oc1ccc(C(F)(F)F)cc1[N+](=O)[O-]. The number of nitro benzene ring substituents is 1. The molecule has 0 atom stereocenters. The molecule has 5 rings (SSSR count). The standard InChI is InChI=1S/C33H32ClF3N2O8/c1-31(2)11-20-28(22(40)13-31)27(29-21(38(20)15-26(42)43)12-32(3,4)14-23(29)41)16-8-18(34)30(25(9-16)46-5)47-24-7-6-17(33(35,36)37)10-19(24)39(44)45/h6-10,27H,11-15H2,1-5H3,(H,42,43). The number of allylic oxidation sites excluding steroid dienone is 4. The van der Waals surface area contributed by atoms with Crippen LogP contribution in [0, 0.1) is 20.9 Å². The Kier molecular flexibility index (Phi) is 8.45. The molecule has 1 heterocycles. The number of carbonyl (C=O) groups is 3. The third kappa shape index (κ3) is 6.45. The fraction of sp³-hybridized carbons (Fsp3) is 0.424. The molecule has 0 spiro atoms. The Bertz CT molecular complexity index is 1740. The van der Waals surface area contributed by atoms with Crippen LogP contribution in [0.1, 0.15) is 70.4 Å². The van der Waals surface area contributed by atoms with Crippen LogP contribution >= 0.6 is 11.6 Å². The van der Waals surface area contributed by atoms with E-state index in [1.165, 1.54) is 19.2 Å². The first-order chi connectivity index (χ1) is 21.7. The van der Waals surface area contributed by atoms with Gasteiger partial charge in [-0.25, -0.2) is 0 Å². The van der Waals surface area contributed by atoms with Crippen LogP contribution in [0.2, 0.25) is 5.02 Å². The van der Waals surface area contributed by atoms with Gasteiger partial charge < -0.3 is 19.5 Å². The number of benzene rings is 2. The Morgan fingerprint density at radius 2 is 1.55 bits per heavy atom. The summed E-state index contributed by atoms with van der Waals surface area (Å²) in [5.74, 6) is -3.39. The number of Topliss-reactive ketones (excluding diaryl/α,β-unsaturated/α-hetero) is 2. The number of nitro groups is 1. The van der Waals surface area contributed by atoms with E-state index < -0.39 is 57.4 Å². The average molecular weight is 677 g/mol. The molecule has 0 aromatic heterocycles. The number of carbonyl (C=O) groups excluding carboxylic acids is 2. The number of hydrogen-bond acceptors (Lipinski definition) is 8. The first-order valence-corrected chi connectivity index (χ1v) is 15.0. The van der Waals surface area contributed by atoms with Gasteiger partial charge >= 0.3 is 17.8 Å². The molecule has 2 aliphatic carbocycles. The number of hydrogen-bond donors (Lipinski definition) is 1. The van der Waals surface area contributed by atoms with E-state index in [2.05, 4.69) is 0 Å². The molecule has 0 fully saturated rings. The van der Waals surface area contributed by atoms with Crippen molar-refractivity contribution >= 4 is 34.8 Å². The van der Waals surface area contributed by atoms with E-state index in [1.54, 1.807) is 4.90 Å². The second-order valence-corrected chi connectivity index (χ2v) is 14.0. The number of aliphatic carboxylic acids is 1. The van der Waals surface area contributed by atoms with Crippen LogP contribution < -0.4 is 9.47 Å². The normalized spacial score (nSPS) is 19.4. The monoisotopic (exact) mass is 676 g/mol. The second-order valence-electron chi connectivity index (χ2n) is 13.6. The van der Waals surface area contributed by atoms with Crippen molar-refractivity contribution in [3.05, 3.63) is 79.1 Å². The largest absolute Gasteiger partial charge is 0.493 e. The van der Waals surface area contributed by atoms with Crippen molar-refractivity contribution in [2.24, 2.45) is 10.8 Å². The molecule has 0 saturated carbocycles. The Labute approximate surface area is 272 Å². The zero-order chi connectivity index (χ0) is 34.8. The number of carboxylic acid groups (broad SMARTS) is 1. The Morgan fingerprint density at radius 1 is 1.00 bits per heavy atom. The van der Waals surface area contributed by atoms with Crippen molar-refractivity contribution in [1.82, 2.24) is 4.90 Å². The van der Waals surface area contributed by atoms with E-state index in [9.17, 15) is 42.8 Å². The van der Waals surface area contributed by atoms with Crippen molar-refractivity contribution in [2.75, 3.05) is 13.7 Å². The summed E-state index contributed by atoms with van der Waals surface area (Å²) in [5, 5.41) is 21.4.